The molecule has 0 saturated carbocycles. The van der Waals surface area contributed by atoms with Crippen LogP contribution in [0.5, 0.6) is 0 Å². The Balaban J connectivity index is 1.88. The number of benzene rings is 1. The summed E-state index contributed by atoms with van der Waals surface area (Å²) >= 11 is 3.41. The first kappa shape index (κ1) is 12.9. The van der Waals surface area contributed by atoms with Gasteiger partial charge in [-0.2, -0.15) is 5.26 Å². The molecule has 1 atom stereocenters. The average Bonchev–Trinajstić information content (AvgIpc) is 2.86. The van der Waals surface area contributed by atoms with Crippen molar-refractivity contribution in [3.05, 3.63) is 28.2 Å². The van der Waals surface area contributed by atoms with E-state index in [1.54, 1.807) is 0 Å². The van der Waals surface area contributed by atoms with Crippen LogP contribution in [0.15, 0.2) is 22.7 Å². The Morgan fingerprint density at radius 2 is 2.26 bits per heavy atom. The van der Waals surface area contributed by atoms with Gasteiger partial charge < -0.3 is 14.4 Å². The van der Waals surface area contributed by atoms with Gasteiger partial charge in [0.05, 0.1) is 24.5 Å². The second-order valence-corrected chi connectivity index (χ2v) is 5.94. The first-order chi connectivity index (χ1) is 9.22. The fraction of sp³-hybridized carbons (Fsp3) is 0.500. The Hall–Kier alpha value is -1.09. The van der Waals surface area contributed by atoms with Crippen molar-refractivity contribution in [3.63, 3.8) is 0 Å². The van der Waals surface area contributed by atoms with Gasteiger partial charge in [0.25, 0.3) is 0 Å². The van der Waals surface area contributed by atoms with Crippen molar-refractivity contribution >= 4 is 21.6 Å². The van der Waals surface area contributed by atoms with E-state index < -0.39 is 0 Å². The number of ether oxygens (including phenoxy) is 2. The highest BCUT2D eigenvalue weighted by Gasteiger charge is 2.40. The molecule has 2 saturated heterocycles. The molecule has 2 fully saturated rings. The second-order valence-electron chi connectivity index (χ2n) is 5.03. The van der Waals surface area contributed by atoms with Crippen LogP contribution in [0.1, 0.15) is 12.0 Å². The van der Waals surface area contributed by atoms with E-state index in [2.05, 4.69) is 26.9 Å². The molecule has 4 nitrogen and oxygen atoms in total. The molecule has 0 N–H and O–H groups in total. The SMILES string of the molecule is N#Cc1cc(Br)ccc1N1CCOC2(CCOC2)C1. The number of rotatable bonds is 1. The zero-order valence-corrected chi connectivity index (χ0v) is 12.1. The van der Waals surface area contributed by atoms with E-state index in [1.807, 2.05) is 18.2 Å². The molecule has 0 amide bonds. The molecule has 0 aliphatic carbocycles. The maximum atomic E-state index is 9.28. The fourth-order valence-electron chi connectivity index (χ4n) is 2.75. The molecular weight excluding hydrogens is 308 g/mol. The molecule has 2 heterocycles. The van der Waals surface area contributed by atoms with E-state index in [1.165, 1.54) is 0 Å². The third-order valence-corrected chi connectivity index (χ3v) is 4.23. The van der Waals surface area contributed by atoms with Gasteiger partial charge in [-0.1, -0.05) is 15.9 Å². The summed E-state index contributed by atoms with van der Waals surface area (Å²) in [6.07, 6.45) is 0.932. The lowest BCUT2D eigenvalue weighted by Crippen LogP contribution is -2.52. The highest BCUT2D eigenvalue weighted by Crippen LogP contribution is 2.32. The van der Waals surface area contributed by atoms with Gasteiger partial charge in [0.15, 0.2) is 0 Å². The van der Waals surface area contributed by atoms with E-state index >= 15 is 0 Å². The maximum Gasteiger partial charge on any atom is 0.111 e. The molecule has 2 aliphatic rings. The zero-order valence-electron chi connectivity index (χ0n) is 10.6. The minimum Gasteiger partial charge on any atom is -0.378 e. The summed E-state index contributed by atoms with van der Waals surface area (Å²) in [4.78, 5) is 2.24. The van der Waals surface area contributed by atoms with Crippen molar-refractivity contribution in [1.29, 1.82) is 5.26 Å². The van der Waals surface area contributed by atoms with Gasteiger partial charge in [0.2, 0.25) is 0 Å². The van der Waals surface area contributed by atoms with Gasteiger partial charge in [0.1, 0.15) is 11.7 Å². The van der Waals surface area contributed by atoms with E-state index in [0.717, 1.165) is 36.3 Å². The normalized spacial score (nSPS) is 26.6. The summed E-state index contributed by atoms with van der Waals surface area (Å²) in [6, 6.07) is 8.11. The smallest absolute Gasteiger partial charge is 0.111 e. The molecule has 19 heavy (non-hydrogen) atoms. The third-order valence-electron chi connectivity index (χ3n) is 3.74. The first-order valence-electron chi connectivity index (χ1n) is 6.39. The molecule has 2 aliphatic heterocycles. The van der Waals surface area contributed by atoms with Crippen molar-refractivity contribution in [2.24, 2.45) is 0 Å². The number of hydrogen-bond acceptors (Lipinski definition) is 4. The summed E-state index contributed by atoms with van der Waals surface area (Å²) in [7, 11) is 0. The number of nitriles is 1. The Morgan fingerprint density at radius 1 is 1.37 bits per heavy atom. The number of hydrogen-bond donors (Lipinski definition) is 0. The molecule has 0 bridgehead atoms. The molecule has 1 aromatic rings. The number of morpholine rings is 1. The summed E-state index contributed by atoms with van der Waals surface area (Å²) in [6.45, 7) is 3.72. The Morgan fingerprint density at radius 3 is 3.00 bits per heavy atom. The van der Waals surface area contributed by atoms with Gasteiger partial charge >= 0.3 is 0 Å². The lowest BCUT2D eigenvalue weighted by molar-refractivity contribution is -0.0579. The molecule has 100 valence electrons. The average molecular weight is 323 g/mol. The molecule has 0 radical (unpaired) electrons. The molecule has 1 aromatic carbocycles. The van der Waals surface area contributed by atoms with Gasteiger partial charge in [0, 0.05) is 30.6 Å². The van der Waals surface area contributed by atoms with Crippen molar-refractivity contribution in [2.45, 2.75) is 12.0 Å². The summed E-state index contributed by atoms with van der Waals surface area (Å²) in [5, 5.41) is 9.28. The summed E-state index contributed by atoms with van der Waals surface area (Å²) in [5.41, 5.74) is 1.50. The van der Waals surface area contributed by atoms with Crippen LogP contribution in [-0.4, -0.2) is 38.5 Å². The topological polar surface area (TPSA) is 45.5 Å². The van der Waals surface area contributed by atoms with Crippen molar-refractivity contribution in [3.8, 4) is 6.07 Å². The van der Waals surface area contributed by atoms with Crippen molar-refractivity contribution in [1.82, 2.24) is 0 Å². The van der Waals surface area contributed by atoms with E-state index in [-0.39, 0.29) is 5.60 Å². The Bertz CT molecular complexity index is 521. The quantitative estimate of drug-likeness (QED) is 0.796. The molecular formula is C14H15BrN2O2. The van der Waals surface area contributed by atoms with Crippen molar-refractivity contribution < 1.29 is 9.47 Å². The minimum atomic E-state index is -0.182. The van der Waals surface area contributed by atoms with Gasteiger partial charge in [-0.15, -0.1) is 0 Å². The summed E-state index contributed by atoms with van der Waals surface area (Å²) in [5.74, 6) is 0. The monoisotopic (exact) mass is 322 g/mol. The first-order valence-corrected chi connectivity index (χ1v) is 7.18. The van der Waals surface area contributed by atoms with Crippen LogP contribution in [-0.2, 0) is 9.47 Å². The van der Waals surface area contributed by atoms with Gasteiger partial charge in [-0.3, -0.25) is 0 Å². The molecule has 0 aromatic heterocycles. The lowest BCUT2D eigenvalue weighted by Gasteiger charge is -2.41. The van der Waals surface area contributed by atoms with Crippen LogP contribution in [0, 0.1) is 11.3 Å². The molecule has 5 heteroatoms. The largest absolute Gasteiger partial charge is 0.378 e. The van der Waals surface area contributed by atoms with Crippen LogP contribution in [0.3, 0.4) is 0 Å². The fourth-order valence-corrected chi connectivity index (χ4v) is 3.11. The molecule has 3 rings (SSSR count). The van der Waals surface area contributed by atoms with Crippen LogP contribution < -0.4 is 4.90 Å². The maximum absolute atomic E-state index is 9.28. The van der Waals surface area contributed by atoms with Crippen molar-refractivity contribution in [2.75, 3.05) is 37.8 Å². The Labute approximate surface area is 121 Å². The standard InChI is InChI=1S/C14H15BrN2O2/c15-12-1-2-13(11(7-12)8-16)17-4-6-19-14(9-17)3-5-18-10-14/h1-2,7H,3-6,9-10H2. The summed E-state index contributed by atoms with van der Waals surface area (Å²) < 4.78 is 12.3. The van der Waals surface area contributed by atoms with Crippen LogP contribution in [0.25, 0.3) is 0 Å². The predicted molar refractivity (Wildman–Crippen MR) is 75.2 cm³/mol. The van der Waals surface area contributed by atoms with E-state index in [4.69, 9.17) is 9.47 Å². The van der Waals surface area contributed by atoms with Crippen LogP contribution in [0.2, 0.25) is 0 Å². The molecule has 1 unspecified atom stereocenters. The minimum absolute atomic E-state index is 0.182. The molecule has 1 spiro atoms. The van der Waals surface area contributed by atoms with E-state index in [9.17, 15) is 5.26 Å². The second kappa shape index (κ2) is 5.12. The number of halogens is 1. The zero-order chi connectivity index (χ0) is 13.3. The Kier molecular flexibility index (Phi) is 3.48. The van der Waals surface area contributed by atoms with Gasteiger partial charge in [-0.05, 0) is 18.2 Å². The number of anilines is 1. The van der Waals surface area contributed by atoms with Crippen LogP contribution in [0.4, 0.5) is 5.69 Å². The lowest BCUT2D eigenvalue weighted by atomic mass is 9.99. The van der Waals surface area contributed by atoms with E-state index in [0.29, 0.717) is 18.8 Å². The highest BCUT2D eigenvalue weighted by molar-refractivity contribution is 9.10. The van der Waals surface area contributed by atoms with Gasteiger partial charge in [-0.25, -0.2) is 0 Å². The third kappa shape index (κ3) is 2.48. The number of nitrogens with zero attached hydrogens (tertiary/aromatic N) is 2. The van der Waals surface area contributed by atoms with Crippen LogP contribution >= 0.6 is 15.9 Å². The predicted octanol–water partition coefficient (Wildman–Crippen LogP) is 2.32. The highest BCUT2D eigenvalue weighted by atomic mass is 79.9.